The predicted octanol–water partition coefficient (Wildman–Crippen LogP) is 2.80. The average molecular weight is 248 g/mol. The van der Waals surface area contributed by atoms with Gasteiger partial charge in [-0.3, -0.25) is 4.79 Å². The second-order valence-electron chi connectivity index (χ2n) is 3.67. The molecule has 0 aliphatic carbocycles. The van der Waals surface area contributed by atoms with E-state index in [-0.39, 0.29) is 16.9 Å². The minimum atomic E-state index is -0.835. The molecule has 5 heteroatoms. The van der Waals surface area contributed by atoms with Gasteiger partial charge in [-0.2, -0.15) is 0 Å². The van der Waals surface area contributed by atoms with Crippen LogP contribution in [-0.2, 0) is 0 Å². The Hall–Kier alpha value is -2.43. The molecular weight excluding hydrogens is 238 g/mol. The molecule has 0 spiro atoms. The zero-order valence-corrected chi connectivity index (χ0v) is 9.28. The molecular formula is C13H10F2N2O. The molecule has 3 N–H and O–H groups in total. The smallest absolute Gasteiger partial charge is 0.257 e. The summed E-state index contributed by atoms with van der Waals surface area (Å²) in [6, 6.07) is 9.33. The Labute approximate surface area is 102 Å². The summed E-state index contributed by atoms with van der Waals surface area (Å²) in [4.78, 5) is 11.8. The van der Waals surface area contributed by atoms with Crippen LogP contribution in [0.25, 0.3) is 0 Å². The lowest BCUT2D eigenvalue weighted by Crippen LogP contribution is -2.14. The van der Waals surface area contributed by atoms with Gasteiger partial charge < -0.3 is 11.1 Å². The number of hydrogen-bond acceptors (Lipinski definition) is 2. The van der Waals surface area contributed by atoms with E-state index in [0.29, 0.717) is 6.07 Å². The lowest BCUT2D eigenvalue weighted by atomic mass is 10.1. The van der Waals surface area contributed by atoms with Crippen LogP contribution in [0.2, 0.25) is 0 Å². The predicted molar refractivity (Wildman–Crippen MR) is 65.2 cm³/mol. The fraction of sp³-hybridized carbons (Fsp3) is 0. The van der Waals surface area contributed by atoms with Crippen LogP contribution in [0.5, 0.6) is 0 Å². The molecule has 0 aliphatic rings. The van der Waals surface area contributed by atoms with E-state index in [0.717, 1.165) is 12.1 Å². The van der Waals surface area contributed by atoms with Crippen molar-refractivity contribution in [1.29, 1.82) is 0 Å². The fourth-order valence-corrected chi connectivity index (χ4v) is 1.48. The molecule has 1 amide bonds. The molecule has 0 heterocycles. The zero-order chi connectivity index (χ0) is 13.1. The molecule has 0 atom stereocenters. The Morgan fingerprint density at radius 2 is 1.83 bits per heavy atom. The number of rotatable bonds is 2. The summed E-state index contributed by atoms with van der Waals surface area (Å²) >= 11 is 0. The minimum absolute atomic E-state index is 0.0929. The highest BCUT2D eigenvalue weighted by Crippen LogP contribution is 2.18. The number of carbonyl (C=O) groups is 1. The highest BCUT2D eigenvalue weighted by molar-refractivity contribution is 6.07. The van der Waals surface area contributed by atoms with Crippen LogP contribution in [-0.4, -0.2) is 5.91 Å². The Bertz CT molecular complexity index is 599. The van der Waals surface area contributed by atoms with Gasteiger partial charge in [0.1, 0.15) is 11.6 Å². The molecule has 0 radical (unpaired) electrons. The van der Waals surface area contributed by atoms with Crippen molar-refractivity contribution >= 4 is 17.3 Å². The van der Waals surface area contributed by atoms with Gasteiger partial charge in [0.25, 0.3) is 5.91 Å². The average Bonchev–Trinajstić information content (AvgIpc) is 2.33. The maximum Gasteiger partial charge on any atom is 0.257 e. The van der Waals surface area contributed by atoms with Gasteiger partial charge in [-0.25, -0.2) is 8.78 Å². The number of nitrogens with one attached hydrogen (secondary N) is 1. The number of hydrogen-bond donors (Lipinski definition) is 2. The minimum Gasteiger partial charge on any atom is -0.398 e. The summed E-state index contributed by atoms with van der Waals surface area (Å²) < 4.78 is 26.0. The van der Waals surface area contributed by atoms with Crippen LogP contribution in [0.15, 0.2) is 42.5 Å². The van der Waals surface area contributed by atoms with Crippen molar-refractivity contribution in [3.63, 3.8) is 0 Å². The first-order chi connectivity index (χ1) is 8.58. The molecule has 92 valence electrons. The second-order valence-corrected chi connectivity index (χ2v) is 3.67. The summed E-state index contributed by atoms with van der Waals surface area (Å²) in [6.07, 6.45) is 0. The van der Waals surface area contributed by atoms with Gasteiger partial charge >= 0.3 is 0 Å². The van der Waals surface area contributed by atoms with Gasteiger partial charge in [0, 0.05) is 11.8 Å². The number of anilines is 2. The third-order valence-electron chi connectivity index (χ3n) is 2.38. The van der Waals surface area contributed by atoms with E-state index < -0.39 is 17.5 Å². The van der Waals surface area contributed by atoms with Crippen LogP contribution in [0.1, 0.15) is 10.4 Å². The SMILES string of the molecule is Nc1ccccc1C(=O)Nc1ccc(F)cc1F. The van der Waals surface area contributed by atoms with Crippen LogP contribution in [0, 0.1) is 11.6 Å². The summed E-state index contributed by atoms with van der Waals surface area (Å²) in [5.41, 5.74) is 6.06. The van der Waals surface area contributed by atoms with Crippen LogP contribution in [0.4, 0.5) is 20.2 Å². The van der Waals surface area contributed by atoms with Gasteiger partial charge in [-0.05, 0) is 24.3 Å². The second kappa shape index (κ2) is 4.83. The molecule has 3 nitrogen and oxygen atoms in total. The Morgan fingerprint density at radius 3 is 2.50 bits per heavy atom. The third kappa shape index (κ3) is 2.45. The lowest BCUT2D eigenvalue weighted by Gasteiger charge is -2.08. The monoisotopic (exact) mass is 248 g/mol. The largest absolute Gasteiger partial charge is 0.398 e. The van der Waals surface area contributed by atoms with E-state index in [1.54, 1.807) is 18.2 Å². The molecule has 2 rings (SSSR count). The molecule has 0 bridgehead atoms. The molecule has 2 aromatic carbocycles. The van der Waals surface area contributed by atoms with Crippen molar-refractivity contribution in [1.82, 2.24) is 0 Å². The maximum atomic E-state index is 13.3. The third-order valence-corrected chi connectivity index (χ3v) is 2.38. The number of nitrogen functional groups attached to an aromatic ring is 1. The van der Waals surface area contributed by atoms with Crippen LogP contribution < -0.4 is 11.1 Å². The molecule has 0 fully saturated rings. The molecule has 2 aromatic rings. The molecule has 0 saturated heterocycles. The first-order valence-corrected chi connectivity index (χ1v) is 5.19. The normalized spacial score (nSPS) is 10.1. The Morgan fingerprint density at radius 1 is 1.11 bits per heavy atom. The summed E-state index contributed by atoms with van der Waals surface area (Å²) in [5.74, 6) is -2.08. The van der Waals surface area contributed by atoms with Gasteiger partial charge in [0.05, 0.1) is 11.3 Å². The summed E-state index contributed by atoms with van der Waals surface area (Å²) in [6.45, 7) is 0. The van der Waals surface area contributed by atoms with Gasteiger partial charge in [-0.1, -0.05) is 12.1 Å². The van der Waals surface area contributed by atoms with Gasteiger partial charge in [0.2, 0.25) is 0 Å². The van der Waals surface area contributed by atoms with E-state index in [4.69, 9.17) is 5.73 Å². The number of carbonyl (C=O) groups excluding carboxylic acids is 1. The topological polar surface area (TPSA) is 55.1 Å². The highest BCUT2D eigenvalue weighted by atomic mass is 19.1. The molecule has 0 aliphatic heterocycles. The van der Waals surface area contributed by atoms with Gasteiger partial charge in [0.15, 0.2) is 0 Å². The van der Waals surface area contributed by atoms with Crippen molar-refractivity contribution in [2.24, 2.45) is 0 Å². The van der Waals surface area contributed by atoms with Crippen LogP contribution in [0.3, 0.4) is 0 Å². The van der Waals surface area contributed by atoms with Crippen molar-refractivity contribution in [2.45, 2.75) is 0 Å². The Balaban J connectivity index is 2.24. The first kappa shape index (κ1) is 12.0. The Kier molecular flexibility index (Phi) is 3.23. The van der Waals surface area contributed by atoms with Crippen molar-refractivity contribution < 1.29 is 13.6 Å². The standard InChI is InChI=1S/C13H10F2N2O/c14-8-5-6-12(10(15)7-8)17-13(18)9-3-1-2-4-11(9)16/h1-7H,16H2,(H,17,18). The zero-order valence-electron chi connectivity index (χ0n) is 9.28. The van der Waals surface area contributed by atoms with Crippen molar-refractivity contribution in [2.75, 3.05) is 11.1 Å². The lowest BCUT2D eigenvalue weighted by molar-refractivity contribution is 0.102. The van der Waals surface area contributed by atoms with E-state index in [9.17, 15) is 13.6 Å². The highest BCUT2D eigenvalue weighted by Gasteiger charge is 2.11. The van der Waals surface area contributed by atoms with Gasteiger partial charge in [-0.15, -0.1) is 0 Å². The van der Waals surface area contributed by atoms with E-state index >= 15 is 0 Å². The molecule has 0 aromatic heterocycles. The quantitative estimate of drug-likeness (QED) is 0.803. The summed E-state index contributed by atoms with van der Waals surface area (Å²) in [7, 11) is 0. The van der Waals surface area contributed by atoms with E-state index in [1.165, 1.54) is 6.07 Å². The fourth-order valence-electron chi connectivity index (χ4n) is 1.48. The van der Waals surface area contributed by atoms with Crippen LogP contribution >= 0.6 is 0 Å². The van der Waals surface area contributed by atoms with E-state index in [1.807, 2.05) is 0 Å². The molecule has 0 unspecified atom stereocenters. The maximum absolute atomic E-state index is 13.3. The van der Waals surface area contributed by atoms with Crippen molar-refractivity contribution in [3.8, 4) is 0 Å². The molecule has 0 saturated carbocycles. The number of halogens is 2. The molecule has 18 heavy (non-hydrogen) atoms. The number of nitrogens with two attached hydrogens (primary N) is 1. The number of amides is 1. The van der Waals surface area contributed by atoms with E-state index in [2.05, 4.69) is 5.32 Å². The summed E-state index contributed by atoms with van der Waals surface area (Å²) in [5, 5.41) is 2.33. The first-order valence-electron chi connectivity index (χ1n) is 5.19. The number of benzene rings is 2. The number of para-hydroxylation sites is 1. The van der Waals surface area contributed by atoms with Crippen molar-refractivity contribution in [3.05, 3.63) is 59.7 Å².